The fourth-order valence-electron chi connectivity index (χ4n) is 1.72. The summed E-state index contributed by atoms with van der Waals surface area (Å²) < 4.78 is 6.30. The molecule has 0 radical (unpaired) electrons. The normalized spacial score (nSPS) is 24.1. The predicted molar refractivity (Wildman–Crippen MR) is 60.6 cm³/mol. The Morgan fingerprint density at radius 2 is 2.50 bits per heavy atom. The zero-order valence-electron chi connectivity index (χ0n) is 8.00. The summed E-state index contributed by atoms with van der Waals surface area (Å²) in [5.41, 5.74) is 0. The highest BCUT2D eigenvalue weighted by Crippen LogP contribution is 2.37. The van der Waals surface area contributed by atoms with Crippen molar-refractivity contribution in [1.29, 1.82) is 0 Å². The van der Waals surface area contributed by atoms with E-state index in [2.05, 4.69) is 28.9 Å². The molecule has 1 aliphatic heterocycles. The van der Waals surface area contributed by atoms with Gasteiger partial charge in [0.2, 0.25) is 0 Å². The van der Waals surface area contributed by atoms with Crippen LogP contribution < -0.4 is 0 Å². The third kappa shape index (κ3) is 2.03. The van der Waals surface area contributed by atoms with E-state index in [0.717, 1.165) is 22.4 Å². The van der Waals surface area contributed by atoms with Gasteiger partial charge in [-0.25, -0.2) is 0 Å². The number of ether oxygens (including phenoxy) is 1. The zero-order chi connectivity index (χ0) is 10.1. The Kier molecular flexibility index (Phi) is 3.27. The molecule has 1 aromatic heterocycles. The van der Waals surface area contributed by atoms with Gasteiger partial charge in [0, 0.05) is 26.8 Å². The molecule has 1 N–H and O–H groups in total. The first-order chi connectivity index (χ1) is 6.68. The number of thiophene rings is 1. The van der Waals surface area contributed by atoms with E-state index in [1.807, 2.05) is 0 Å². The Bertz CT molecular complexity index is 318. The minimum absolute atomic E-state index is 0.268. The summed E-state index contributed by atoms with van der Waals surface area (Å²) in [6.45, 7) is 3.52. The fraction of sp³-hybridized carbons (Fsp3) is 0.600. The van der Waals surface area contributed by atoms with Crippen molar-refractivity contribution >= 4 is 27.3 Å². The second-order valence-electron chi connectivity index (χ2n) is 3.64. The SMILES string of the molecule is Cc1cc(Br)c(C(O)C2CCOC2)s1. The average Bonchev–Trinajstić information content (AvgIpc) is 2.73. The van der Waals surface area contributed by atoms with Crippen LogP contribution in [0.25, 0.3) is 0 Å². The molecule has 0 bridgehead atoms. The minimum atomic E-state index is -0.370. The van der Waals surface area contributed by atoms with Crippen molar-refractivity contribution in [2.45, 2.75) is 19.4 Å². The maximum atomic E-state index is 10.1. The first-order valence-corrected chi connectivity index (χ1v) is 6.31. The molecule has 1 aliphatic rings. The number of aryl methyl sites for hydroxylation is 1. The minimum Gasteiger partial charge on any atom is -0.387 e. The van der Waals surface area contributed by atoms with Crippen LogP contribution in [-0.2, 0) is 4.74 Å². The Balaban J connectivity index is 2.17. The highest BCUT2D eigenvalue weighted by molar-refractivity contribution is 9.10. The van der Waals surface area contributed by atoms with Crippen LogP contribution in [0.1, 0.15) is 22.3 Å². The molecule has 1 saturated heterocycles. The largest absolute Gasteiger partial charge is 0.387 e. The van der Waals surface area contributed by atoms with Crippen molar-refractivity contribution in [2.75, 3.05) is 13.2 Å². The van der Waals surface area contributed by atoms with Gasteiger partial charge in [-0.05, 0) is 35.3 Å². The lowest BCUT2D eigenvalue weighted by Crippen LogP contribution is -2.11. The summed E-state index contributed by atoms with van der Waals surface area (Å²) in [7, 11) is 0. The van der Waals surface area contributed by atoms with E-state index >= 15 is 0 Å². The molecule has 2 unspecified atom stereocenters. The smallest absolute Gasteiger partial charge is 0.0944 e. The van der Waals surface area contributed by atoms with E-state index in [-0.39, 0.29) is 12.0 Å². The molecular weight excluding hydrogens is 264 g/mol. The highest BCUT2D eigenvalue weighted by Gasteiger charge is 2.27. The van der Waals surface area contributed by atoms with Gasteiger partial charge in [-0.1, -0.05) is 0 Å². The number of halogens is 1. The van der Waals surface area contributed by atoms with E-state index in [1.165, 1.54) is 4.88 Å². The van der Waals surface area contributed by atoms with Gasteiger partial charge in [0.1, 0.15) is 0 Å². The van der Waals surface area contributed by atoms with Crippen LogP contribution in [0.15, 0.2) is 10.5 Å². The quantitative estimate of drug-likeness (QED) is 0.900. The fourth-order valence-corrected chi connectivity index (χ4v) is 3.68. The standard InChI is InChI=1S/C10H13BrO2S/c1-6-4-8(11)10(14-6)9(12)7-2-3-13-5-7/h4,7,9,12H,2-3,5H2,1H3. The topological polar surface area (TPSA) is 29.5 Å². The third-order valence-electron chi connectivity index (χ3n) is 2.52. The van der Waals surface area contributed by atoms with Crippen LogP contribution >= 0.6 is 27.3 Å². The van der Waals surface area contributed by atoms with Gasteiger partial charge in [-0.3, -0.25) is 0 Å². The molecule has 2 atom stereocenters. The molecule has 2 nitrogen and oxygen atoms in total. The van der Waals surface area contributed by atoms with E-state index in [0.29, 0.717) is 6.61 Å². The zero-order valence-corrected chi connectivity index (χ0v) is 10.4. The van der Waals surface area contributed by atoms with E-state index in [9.17, 15) is 5.11 Å². The van der Waals surface area contributed by atoms with Gasteiger partial charge in [0.15, 0.2) is 0 Å². The predicted octanol–water partition coefficient (Wildman–Crippen LogP) is 2.89. The second-order valence-corrected chi connectivity index (χ2v) is 5.78. The number of rotatable bonds is 2. The lowest BCUT2D eigenvalue weighted by molar-refractivity contribution is 0.0940. The molecule has 0 saturated carbocycles. The lowest BCUT2D eigenvalue weighted by Gasteiger charge is -2.15. The Morgan fingerprint density at radius 1 is 1.71 bits per heavy atom. The van der Waals surface area contributed by atoms with Crippen molar-refractivity contribution in [2.24, 2.45) is 5.92 Å². The van der Waals surface area contributed by atoms with Crippen molar-refractivity contribution in [3.63, 3.8) is 0 Å². The van der Waals surface area contributed by atoms with Gasteiger partial charge >= 0.3 is 0 Å². The summed E-state index contributed by atoms with van der Waals surface area (Å²) in [5, 5.41) is 10.1. The molecule has 0 aliphatic carbocycles. The Morgan fingerprint density at radius 3 is 3.00 bits per heavy atom. The molecule has 0 amide bonds. The van der Waals surface area contributed by atoms with E-state index in [1.54, 1.807) is 11.3 Å². The van der Waals surface area contributed by atoms with Crippen molar-refractivity contribution in [3.8, 4) is 0 Å². The van der Waals surface area contributed by atoms with Gasteiger partial charge in [0.25, 0.3) is 0 Å². The first kappa shape index (κ1) is 10.6. The molecular formula is C10H13BrO2S. The molecule has 1 fully saturated rings. The van der Waals surface area contributed by atoms with Crippen LogP contribution in [0, 0.1) is 12.8 Å². The second kappa shape index (κ2) is 4.31. The van der Waals surface area contributed by atoms with Gasteiger partial charge < -0.3 is 9.84 Å². The van der Waals surface area contributed by atoms with Crippen molar-refractivity contribution in [3.05, 3.63) is 20.3 Å². The maximum absolute atomic E-state index is 10.1. The van der Waals surface area contributed by atoms with Crippen molar-refractivity contribution in [1.82, 2.24) is 0 Å². The van der Waals surface area contributed by atoms with Crippen LogP contribution in [0.5, 0.6) is 0 Å². The van der Waals surface area contributed by atoms with Crippen LogP contribution in [0.2, 0.25) is 0 Å². The number of aliphatic hydroxyl groups excluding tert-OH is 1. The number of aliphatic hydroxyl groups is 1. The first-order valence-electron chi connectivity index (χ1n) is 4.70. The van der Waals surface area contributed by atoms with Gasteiger partial charge in [-0.2, -0.15) is 0 Å². The highest BCUT2D eigenvalue weighted by atomic mass is 79.9. The molecule has 4 heteroatoms. The summed E-state index contributed by atoms with van der Waals surface area (Å²) in [6, 6.07) is 2.05. The third-order valence-corrected chi connectivity index (χ3v) is 4.56. The lowest BCUT2D eigenvalue weighted by atomic mass is 10.0. The van der Waals surface area contributed by atoms with Gasteiger partial charge in [0.05, 0.1) is 12.7 Å². The summed E-state index contributed by atoms with van der Waals surface area (Å²) in [4.78, 5) is 2.27. The summed E-state index contributed by atoms with van der Waals surface area (Å²) in [6.07, 6.45) is 0.593. The van der Waals surface area contributed by atoms with Crippen LogP contribution in [0.3, 0.4) is 0 Å². The number of hydrogen-bond acceptors (Lipinski definition) is 3. The Hall–Kier alpha value is 0.1000. The molecule has 1 aromatic rings. The summed E-state index contributed by atoms with van der Waals surface area (Å²) in [5.74, 6) is 0.268. The summed E-state index contributed by atoms with van der Waals surface area (Å²) >= 11 is 5.13. The number of hydrogen-bond donors (Lipinski definition) is 1. The molecule has 0 aromatic carbocycles. The molecule has 2 heterocycles. The molecule has 78 valence electrons. The molecule has 14 heavy (non-hydrogen) atoms. The molecule has 0 spiro atoms. The van der Waals surface area contributed by atoms with Crippen LogP contribution in [-0.4, -0.2) is 18.3 Å². The van der Waals surface area contributed by atoms with E-state index in [4.69, 9.17) is 4.74 Å². The monoisotopic (exact) mass is 276 g/mol. The van der Waals surface area contributed by atoms with Crippen molar-refractivity contribution < 1.29 is 9.84 Å². The average molecular weight is 277 g/mol. The van der Waals surface area contributed by atoms with E-state index < -0.39 is 0 Å². The molecule has 2 rings (SSSR count). The van der Waals surface area contributed by atoms with Crippen LogP contribution in [0.4, 0.5) is 0 Å². The van der Waals surface area contributed by atoms with Gasteiger partial charge in [-0.15, -0.1) is 11.3 Å². The maximum Gasteiger partial charge on any atom is 0.0944 e. The Labute approximate surface area is 96.0 Å².